The number of fused-ring (bicyclic) bond motifs is 1. The van der Waals surface area contributed by atoms with Crippen molar-refractivity contribution in [2.24, 2.45) is 0 Å². The minimum atomic E-state index is -3.70. The maximum absolute atomic E-state index is 12.5. The molecule has 1 amide bonds. The lowest BCUT2D eigenvalue weighted by molar-refractivity contribution is 0.0953. The molecule has 0 atom stereocenters. The number of para-hydroxylation sites is 1. The molecule has 1 heterocycles. The average Bonchev–Trinajstić information content (AvgIpc) is 3.20. The Morgan fingerprint density at radius 2 is 1.68 bits per heavy atom. The van der Waals surface area contributed by atoms with Gasteiger partial charge in [0.25, 0.3) is 15.9 Å². The molecule has 0 aliphatic heterocycles. The van der Waals surface area contributed by atoms with Crippen LogP contribution < -0.4 is 10.0 Å². The molecule has 0 saturated carbocycles. The van der Waals surface area contributed by atoms with E-state index in [4.69, 9.17) is 0 Å². The van der Waals surface area contributed by atoms with Crippen LogP contribution in [-0.4, -0.2) is 25.9 Å². The lowest BCUT2D eigenvalue weighted by Gasteiger charge is -2.10. The monoisotopic (exact) mass is 433 g/mol. The fourth-order valence-corrected chi connectivity index (χ4v) is 4.53. The van der Waals surface area contributed by atoms with Crippen molar-refractivity contribution < 1.29 is 13.2 Å². The van der Waals surface area contributed by atoms with Crippen molar-refractivity contribution in [3.05, 3.63) is 96.2 Å². The number of hydrogen-bond donors (Lipinski definition) is 3. The predicted octanol–water partition coefficient (Wildman–Crippen LogP) is 4.33. The molecule has 3 N–H and O–H groups in total. The van der Waals surface area contributed by atoms with Crippen molar-refractivity contribution in [2.45, 2.75) is 17.7 Å². The van der Waals surface area contributed by atoms with Gasteiger partial charge in [-0.3, -0.25) is 9.52 Å². The number of aromatic nitrogens is 1. The lowest BCUT2D eigenvalue weighted by Crippen LogP contribution is -2.25. The first-order chi connectivity index (χ1) is 15.0. The summed E-state index contributed by atoms with van der Waals surface area (Å²) in [5.41, 5.74) is 3.08. The summed E-state index contributed by atoms with van der Waals surface area (Å²) < 4.78 is 27.5. The number of carbonyl (C=O) groups is 1. The summed E-state index contributed by atoms with van der Waals surface area (Å²) in [5, 5.41) is 4.11. The number of anilines is 1. The minimum absolute atomic E-state index is 0.169. The zero-order valence-electron chi connectivity index (χ0n) is 16.8. The Labute approximate surface area is 181 Å². The fourth-order valence-electron chi connectivity index (χ4n) is 3.46. The van der Waals surface area contributed by atoms with Crippen molar-refractivity contribution in [3.8, 4) is 0 Å². The molecule has 0 aliphatic carbocycles. The molecule has 0 saturated heterocycles. The van der Waals surface area contributed by atoms with Crippen LogP contribution >= 0.6 is 0 Å². The van der Waals surface area contributed by atoms with Gasteiger partial charge in [-0.1, -0.05) is 42.5 Å². The molecule has 0 spiro atoms. The molecule has 0 unspecified atom stereocenters. The first-order valence-corrected chi connectivity index (χ1v) is 11.5. The second kappa shape index (κ2) is 9.06. The third kappa shape index (κ3) is 4.95. The van der Waals surface area contributed by atoms with Gasteiger partial charge in [0.05, 0.1) is 4.90 Å². The highest BCUT2D eigenvalue weighted by Crippen LogP contribution is 2.19. The molecular weight excluding hydrogens is 410 g/mol. The van der Waals surface area contributed by atoms with Crippen LogP contribution in [0.25, 0.3) is 10.9 Å². The Bertz CT molecular complexity index is 1300. The number of H-pyrrole nitrogens is 1. The minimum Gasteiger partial charge on any atom is -0.361 e. The van der Waals surface area contributed by atoms with Crippen molar-refractivity contribution in [1.82, 2.24) is 10.3 Å². The van der Waals surface area contributed by atoms with Crippen molar-refractivity contribution in [1.29, 1.82) is 0 Å². The highest BCUT2D eigenvalue weighted by molar-refractivity contribution is 7.92. The van der Waals surface area contributed by atoms with Crippen LogP contribution in [-0.2, 0) is 16.4 Å². The van der Waals surface area contributed by atoms with Crippen molar-refractivity contribution in [3.63, 3.8) is 0 Å². The fraction of sp³-hybridized carbons (Fsp3) is 0.125. The average molecular weight is 434 g/mol. The van der Waals surface area contributed by atoms with E-state index in [1.165, 1.54) is 29.1 Å². The SMILES string of the molecule is O=C(NCCCc1c[nH]c2ccccc12)c1cccc(NS(=O)(=O)c2ccccc2)c1. The number of amides is 1. The van der Waals surface area contributed by atoms with Gasteiger partial charge in [-0.05, 0) is 54.8 Å². The van der Waals surface area contributed by atoms with E-state index in [2.05, 4.69) is 21.1 Å². The zero-order chi connectivity index (χ0) is 21.7. The lowest BCUT2D eigenvalue weighted by atomic mass is 10.1. The number of sulfonamides is 1. The van der Waals surface area contributed by atoms with Crippen LogP contribution in [0.4, 0.5) is 5.69 Å². The van der Waals surface area contributed by atoms with Crippen LogP contribution in [0.15, 0.2) is 90.0 Å². The number of benzene rings is 3. The Kier molecular flexibility index (Phi) is 6.04. The van der Waals surface area contributed by atoms with Crippen LogP contribution in [0.1, 0.15) is 22.3 Å². The largest absolute Gasteiger partial charge is 0.361 e. The Morgan fingerprint density at radius 3 is 2.52 bits per heavy atom. The van der Waals surface area contributed by atoms with Gasteiger partial charge in [0.1, 0.15) is 0 Å². The van der Waals surface area contributed by atoms with Gasteiger partial charge < -0.3 is 10.3 Å². The summed E-state index contributed by atoms with van der Waals surface area (Å²) in [7, 11) is -3.70. The molecule has 0 radical (unpaired) electrons. The van der Waals surface area contributed by atoms with E-state index in [9.17, 15) is 13.2 Å². The highest BCUT2D eigenvalue weighted by atomic mass is 32.2. The summed E-state index contributed by atoms with van der Waals surface area (Å²) >= 11 is 0. The molecule has 0 aliphatic rings. The third-order valence-corrected chi connectivity index (χ3v) is 6.41. The van der Waals surface area contributed by atoms with Gasteiger partial charge in [-0.15, -0.1) is 0 Å². The third-order valence-electron chi connectivity index (χ3n) is 5.01. The van der Waals surface area contributed by atoms with Crippen LogP contribution in [0.2, 0.25) is 0 Å². The summed E-state index contributed by atoms with van der Waals surface area (Å²) in [6, 6.07) is 22.7. The number of hydrogen-bond acceptors (Lipinski definition) is 3. The summed E-state index contributed by atoms with van der Waals surface area (Å²) in [6.45, 7) is 0.526. The van der Waals surface area contributed by atoms with Gasteiger partial charge in [0.15, 0.2) is 0 Å². The zero-order valence-corrected chi connectivity index (χ0v) is 17.7. The summed E-state index contributed by atoms with van der Waals surface area (Å²) in [6.07, 6.45) is 3.66. The molecule has 0 bridgehead atoms. The van der Waals surface area contributed by atoms with E-state index in [0.29, 0.717) is 17.8 Å². The topological polar surface area (TPSA) is 91.1 Å². The smallest absolute Gasteiger partial charge is 0.261 e. The van der Waals surface area contributed by atoms with Gasteiger partial charge >= 0.3 is 0 Å². The van der Waals surface area contributed by atoms with E-state index in [1.807, 2.05) is 24.4 Å². The summed E-state index contributed by atoms with van der Waals surface area (Å²) in [5.74, 6) is -0.236. The molecule has 4 rings (SSSR count). The van der Waals surface area contributed by atoms with E-state index < -0.39 is 10.0 Å². The molecule has 31 heavy (non-hydrogen) atoms. The normalized spacial score (nSPS) is 11.4. The molecular formula is C24H23N3O3S. The molecule has 158 valence electrons. The van der Waals surface area contributed by atoms with Crippen LogP contribution in [0.5, 0.6) is 0 Å². The Balaban J connectivity index is 1.34. The summed E-state index contributed by atoms with van der Waals surface area (Å²) in [4.78, 5) is 15.9. The number of carbonyl (C=O) groups excluding carboxylic acids is 1. The van der Waals surface area contributed by atoms with Crippen molar-refractivity contribution in [2.75, 3.05) is 11.3 Å². The number of rotatable bonds is 8. The highest BCUT2D eigenvalue weighted by Gasteiger charge is 2.14. The number of aryl methyl sites for hydroxylation is 1. The van der Waals surface area contributed by atoms with E-state index >= 15 is 0 Å². The first-order valence-electron chi connectivity index (χ1n) is 10.0. The van der Waals surface area contributed by atoms with Gasteiger partial charge in [0.2, 0.25) is 0 Å². The quantitative estimate of drug-likeness (QED) is 0.361. The first kappa shape index (κ1) is 20.7. The van der Waals surface area contributed by atoms with Crippen LogP contribution in [0.3, 0.4) is 0 Å². The maximum Gasteiger partial charge on any atom is 0.261 e. The maximum atomic E-state index is 12.5. The van der Waals surface area contributed by atoms with Gasteiger partial charge in [-0.2, -0.15) is 0 Å². The number of nitrogens with one attached hydrogen (secondary N) is 3. The molecule has 6 nitrogen and oxygen atoms in total. The standard InChI is InChI=1S/C24H23N3O3S/c28-24(25-15-7-9-19-17-26-23-14-5-4-13-22(19)23)18-8-6-10-20(16-18)27-31(29,30)21-11-2-1-3-12-21/h1-6,8,10-14,16-17,26-27H,7,9,15H2,(H,25,28). The van der Waals surface area contributed by atoms with E-state index in [-0.39, 0.29) is 10.8 Å². The number of aromatic amines is 1. The molecule has 3 aromatic carbocycles. The van der Waals surface area contributed by atoms with Crippen LogP contribution in [0, 0.1) is 0 Å². The van der Waals surface area contributed by atoms with E-state index in [0.717, 1.165) is 18.4 Å². The van der Waals surface area contributed by atoms with Gasteiger partial charge in [0, 0.05) is 34.9 Å². The van der Waals surface area contributed by atoms with Crippen molar-refractivity contribution >= 4 is 32.5 Å². The second-order valence-corrected chi connectivity index (χ2v) is 8.90. The second-order valence-electron chi connectivity index (χ2n) is 7.22. The van der Waals surface area contributed by atoms with E-state index in [1.54, 1.807) is 36.4 Å². The van der Waals surface area contributed by atoms with Gasteiger partial charge in [-0.25, -0.2) is 8.42 Å². The molecule has 1 aromatic heterocycles. The Morgan fingerprint density at radius 1 is 0.903 bits per heavy atom. The molecule has 0 fully saturated rings. The Hall–Kier alpha value is -3.58. The predicted molar refractivity (Wildman–Crippen MR) is 123 cm³/mol. The molecule has 7 heteroatoms. The molecule has 4 aromatic rings.